The minimum atomic E-state index is -0.302. The molecule has 52 valence electrons. The molecule has 1 aliphatic heterocycles. The number of primary amides is 1. The lowest BCUT2D eigenvalue weighted by atomic mass is 10.5. The predicted octanol–water partition coefficient (Wildman–Crippen LogP) is -0.893. The Morgan fingerprint density at radius 2 is 2.67 bits per heavy atom. The third-order valence-corrected chi connectivity index (χ3v) is 1.19. The summed E-state index contributed by atoms with van der Waals surface area (Å²) in [4.78, 5) is 15.3. The molecule has 4 nitrogen and oxygen atoms in total. The Morgan fingerprint density at radius 1 is 2.00 bits per heavy atom. The standard InChI is InChI=1S/C5H10N2O2/c1-2-9-7-3-4(7)5(6)8/h4H,2-3H2,1H3,(H2,6,8). The van der Waals surface area contributed by atoms with Gasteiger partial charge in [0.15, 0.2) is 0 Å². The van der Waals surface area contributed by atoms with Crippen LogP contribution in [0, 0.1) is 0 Å². The zero-order chi connectivity index (χ0) is 6.85. The Bertz CT molecular complexity index is 126. The third kappa shape index (κ3) is 1.40. The summed E-state index contributed by atoms with van der Waals surface area (Å²) in [5.74, 6) is -0.302. The van der Waals surface area contributed by atoms with Crippen molar-refractivity contribution in [3.63, 3.8) is 0 Å². The van der Waals surface area contributed by atoms with Gasteiger partial charge in [-0.05, 0) is 6.92 Å². The van der Waals surface area contributed by atoms with E-state index in [4.69, 9.17) is 10.6 Å². The van der Waals surface area contributed by atoms with Crippen molar-refractivity contribution in [3.05, 3.63) is 0 Å². The highest BCUT2D eigenvalue weighted by Gasteiger charge is 2.40. The highest BCUT2D eigenvalue weighted by molar-refractivity contribution is 5.82. The number of carbonyl (C=O) groups is 1. The molecule has 4 heteroatoms. The van der Waals surface area contributed by atoms with Crippen LogP contribution in [0.1, 0.15) is 6.92 Å². The van der Waals surface area contributed by atoms with Crippen molar-refractivity contribution in [3.8, 4) is 0 Å². The molecule has 0 aliphatic carbocycles. The second-order valence-corrected chi connectivity index (χ2v) is 1.94. The van der Waals surface area contributed by atoms with Crippen LogP contribution in [-0.4, -0.2) is 30.2 Å². The van der Waals surface area contributed by atoms with Gasteiger partial charge >= 0.3 is 0 Å². The largest absolute Gasteiger partial charge is 0.368 e. The molecule has 1 saturated heterocycles. The monoisotopic (exact) mass is 130 g/mol. The zero-order valence-corrected chi connectivity index (χ0v) is 5.33. The first-order chi connectivity index (χ1) is 4.25. The van der Waals surface area contributed by atoms with E-state index < -0.39 is 0 Å². The molecule has 0 aromatic rings. The molecule has 0 bridgehead atoms. The molecule has 2 unspecified atom stereocenters. The number of nitrogens with zero attached hydrogens (tertiary/aromatic N) is 1. The summed E-state index contributed by atoms with van der Waals surface area (Å²) in [5, 5.41) is 1.57. The Kier molecular flexibility index (Phi) is 1.68. The molecular weight excluding hydrogens is 120 g/mol. The molecule has 1 fully saturated rings. The lowest BCUT2D eigenvalue weighted by Gasteiger charge is -1.97. The summed E-state index contributed by atoms with van der Waals surface area (Å²) in [6.07, 6.45) is 0. The first-order valence-corrected chi connectivity index (χ1v) is 2.94. The van der Waals surface area contributed by atoms with Gasteiger partial charge in [-0.25, -0.2) is 0 Å². The Hall–Kier alpha value is -0.610. The summed E-state index contributed by atoms with van der Waals surface area (Å²) in [6.45, 7) is 3.13. The summed E-state index contributed by atoms with van der Waals surface area (Å²) in [7, 11) is 0. The highest BCUT2D eigenvalue weighted by Crippen LogP contribution is 2.15. The maximum atomic E-state index is 10.3. The van der Waals surface area contributed by atoms with Crippen molar-refractivity contribution in [1.29, 1.82) is 0 Å². The van der Waals surface area contributed by atoms with E-state index in [2.05, 4.69) is 0 Å². The topological polar surface area (TPSA) is 55.3 Å². The summed E-state index contributed by atoms with van der Waals surface area (Å²) < 4.78 is 0. The van der Waals surface area contributed by atoms with Crippen LogP contribution in [0.2, 0.25) is 0 Å². The molecule has 2 N–H and O–H groups in total. The molecule has 0 aromatic carbocycles. The Labute approximate surface area is 53.5 Å². The fraction of sp³-hybridized carbons (Fsp3) is 0.800. The summed E-state index contributed by atoms with van der Waals surface area (Å²) in [5.41, 5.74) is 4.96. The van der Waals surface area contributed by atoms with E-state index in [-0.39, 0.29) is 11.9 Å². The zero-order valence-electron chi connectivity index (χ0n) is 5.33. The quantitative estimate of drug-likeness (QED) is 0.504. The van der Waals surface area contributed by atoms with Gasteiger partial charge in [-0.2, -0.15) is 5.06 Å². The Morgan fingerprint density at radius 3 is 3.00 bits per heavy atom. The van der Waals surface area contributed by atoms with E-state index in [9.17, 15) is 4.79 Å². The molecular formula is C5H10N2O2. The van der Waals surface area contributed by atoms with Crippen LogP contribution in [0.15, 0.2) is 0 Å². The van der Waals surface area contributed by atoms with Crippen LogP contribution >= 0.6 is 0 Å². The minimum absolute atomic E-state index is 0.162. The van der Waals surface area contributed by atoms with Gasteiger partial charge < -0.3 is 5.73 Å². The van der Waals surface area contributed by atoms with E-state index >= 15 is 0 Å². The average molecular weight is 130 g/mol. The van der Waals surface area contributed by atoms with Gasteiger partial charge in [0.25, 0.3) is 0 Å². The number of hydrogen-bond donors (Lipinski definition) is 1. The molecule has 0 aromatic heterocycles. The molecule has 2 atom stereocenters. The van der Waals surface area contributed by atoms with Crippen LogP contribution in [0.3, 0.4) is 0 Å². The molecule has 1 aliphatic rings. The molecule has 0 spiro atoms. The van der Waals surface area contributed by atoms with Crippen molar-refractivity contribution in [2.75, 3.05) is 13.2 Å². The van der Waals surface area contributed by atoms with Crippen molar-refractivity contribution >= 4 is 5.91 Å². The maximum Gasteiger partial charge on any atom is 0.238 e. The lowest BCUT2D eigenvalue weighted by molar-refractivity contribution is -0.125. The smallest absolute Gasteiger partial charge is 0.238 e. The first-order valence-electron chi connectivity index (χ1n) is 2.94. The summed E-state index contributed by atoms with van der Waals surface area (Å²) in [6, 6.07) is -0.162. The first kappa shape index (κ1) is 6.51. The fourth-order valence-corrected chi connectivity index (χ4v) is 0.664. The van der Waals surface area contributed by atoms with Gasteiger partial charge in [-0.3, -0.25) is 9.63 Å². The van der Waals surface area contributed by atoms with Gasteiger partial charge in [0, 0.05) is 0 Å². The van der Waals surface area contributed by atoms with Crippen molar-refractivity contribution in [1.82, 2.24) is 5.06 Å². The van der Waals surface area contributed by atoms with Crippen LogP contribution in [-0.2, 0) is 9.63 Å². The molecule has 0 saturated carbocycles. The number of hydrogen-bond acceptors (Lipinski definition) is 3. The highest BCUT2D eigenvalue weighted by atomic mass is 16.7. The van der Waals surface area contributed by atoms with Gasteiger partial charge in [0.2, 0.25) is 5.91 Å². The van der Waals surface area contributed by atoms with Crippen LogP contribution < -0.4 is 5.73 Å². The normalized spacial score (nSPS) is 32.1. The Balaban J connectivity index is 2.17. The van der Waals surface area contributed by atoms with E-state index in [0.29, 0.717) is 13.2 Å². The molecule has 1 amide bonds. The van der Waals surface area contributed by atoms with Gasteiger partial charge in [0.1, 0.15) is 6.04 Å². The lowest BCUT2D eigenvalue weighted by Crippen LogP contribution is -2.21. The van der Waals surface area contributed by atoms with E-state index in [1.165, 1.54) is 0 Å². The number of carbonyl (C=O) groups excluding carboxylic acids is 1. The second-order valence-electron chi connectivity index (χ2n) is 1.94. The van der Waals surface area contributed by atoms with Gasteiger partial charge in [-0.1, -0.05) is 0 Å². The predicted molar refractivity (Wildman–Crippen MR) is 31.3 cm³/mol. The SMILES string of the molecule is CCON1CC1C(N)=O. The number of hydroxylamine groups is 2. The number of amides is 1. The van der Waals surface area contributed by atoms with Crippen LogP contribution in [0.25, 0.3) is 0 Å². The molecule has 1 heterocycles. The van der Waals surface area contributed by atoms with Crippen molar-refractivity contribution in [2.24, 2.45) is 5.73 Å². The van der Waals surface area contributed by atoms with Gasteiger partial charge in [-0.15, -0.1) is 0 Å². The second kappa shape index (κ2) is 2.33. The molecule has 1 rings (SSSR count). The maximum absolute atomic E-state index is 10.3. The number of nitrogens with two attached hydrogens (primary N) is 1. The van der Waals surface area contributed by atoms with E-state index in [1.54, 1.807) is 5.06 Å². The number of rotatable bonds is 3. The summed E-state index contributed by atoms with van der Waals surface area (Å²) >= 11 is 0. The van der Waals surface area contributed by atoms with E-state index in [1.807, 2.05) is 6.92 Å². The van der Waals surface area contributed by atoms with Crippen molar-refractivity contribution < 1.29 is 9.63 Å². The molecule has 9 heavy (non-hydrogen) atoms. The minimum Gasteiger partial charge on any atom is -0.368 e. The fourth-order valence-electron chi connectivity index (χ4n) is 0.664. The third-order valence-electron chi connectivity index (χ3n) is 1.19. The van der Waals surface area contributed by atoms with Crippen molar-refractivity contribution in [2.45, 2.75) is 13.0 Å². The van der Waals surface area contributed by atoms with E-state index in [0.717, 1.165) is 0 Å². The van der Waals surface area contributed by atoms with Gasteiger partial charge in [0.05, 0.1) is 13.2 Å². The van der Waals surface area contributed by atoms with Crippen LogP contribution in [0.5, 0.6) is 0 Å². The van der Waals surface area contributed by atoms with Crippen LogP contribution in [0.4, 0.5) is 0 Å². The molecule has 0 radical (unpaired) electrons. The average Bonchev–Trinajstić information content (AvgIpc) is 2.47.